The first-order valence-corrected chi connectivity index (χ1v) is 7.98. The van der Waals surface area contributed by atoms with Crippen LogP contribution in [0.25, 0.3) is 0 Å². The van der Waals surface area contributed by atoms with Crippen molar-refractivity contribution in [3.63, 3.8) is 0 Å². The van der Waals surface area contributed by atoms with Gasteiger partial charge >= 0.3 is 5.97 Å². The highest BCUT2D eigenvalue weighted by Crippen LogP contribution is 2.13. The van der Waals surface area contributed by atoms with Gasteiger partial charge in [-0.05, 0) is 46.2 Å². The fourth-order valence-corrected chi connectivity index (χ4v) is 2.18. The highest BCUT2D eigenvalue weighted by atomic mass is 16.4. The third-order valence-corrected chi connectivity index (χ3v) is 3.77. The Labute approximate surface area is 133 Å². The lowest BCUT2D eigenvalue weighted by Crippen LogP contribution is -2.23. The zero-order valence-electron chi connectivity index (χ0n) is 13.8. The highest BCUT2D eigenvalue weighted by molar-refractivity contribution is 5.85. The van der Waals surface area contributed by atoms with E-state index in [1.165, 1.54) is 0 Å². The van der Waals surface area contributed by atoms with Gasteiger partial charge < -0.3 is 19.6 Å². The molecule has 0 aliphatic rings. The molecule has 22 heavy (non-hydrogen) atoms. The van der Waals surface area contributed by atoms with Crippen molar-refractivity contribution in [2.24, 2.45) is 5.92 Å². The van der Waals surface area contributed by atoms with Gasteiger partial charge in [-0.25, -0.2) is 4.79 Å². The summed E-state index contributed by atoms with van der Waals surface area (Å²) in [5.74, 6) is -0.798. The number of rotatable bonds is 14. The molecule has 0 radical (unpaired) electrons. The molecule has 0 aliphatic carbocycles. The summed E-state index contributed by atoms with van der Waals surface area (Å²) in [5, 5.41) is 8.75. The predicted octanol–water partition coefficient (Wildman–Crippen LogP) is 2.69. The maximum Gasteiger partial charge on any atom is 0.330 e. The van der Waals surface area contributed by atoms with Crippen molar-refractivity contribution in [1.29, 1.82) is 0 Å². The van der Waals surface area contributed by atoms with Crippen LogP contribution in [0.15, 0.2) is 11.6 Å². The number of hydrogen-bond acceptors (Lipinski definition) is 4. The van der Waals surface area contributed by atoms with E-state index < -0.39 is 5.97 Å². The van der Waals surface area contributed by atoms with Crippen LogP contribution < -0.4 is 0 Å². The van der Waals surface area contributed by atoms with Crippen LogP contribution in [0.1, 0.15) is 51.9 Å². The molecule has 0 bridgehead atoms. The minimum atomic E-state index is -0.877. The van der Waals surface area contributed by atoms with Gasteiger partial charge in [0.15, 0.2) is 0 Å². The third kappa shape index (κ3) is 11.2. The first-order valence-electron chi connectivity index (χ1n) is 7.98. The van der Waals surface area contributed by atoms with Gasteiger partial charge in [0, 0.05) is 24.5 Å². The summed E-state index contributed by atoms with van der Waals surface area (Å²) in [4.78, 5) is 34.0. The average Bonchev–Trinajstić information content (AvgIpc) is 2.49. The van der Waals surface area contributed by atoms with Crippen LogP contribution in [-0.2, 0) is 14.4 Å². The molecule has 0 aromatic heterocycles. The quantitative estimate of drug-likeness (QED) is 0.303. The summed E-state index contributed by atoms with van der Waals surface area (Å²) in [6.45, 7) is 3.21. The second-order valence-electron chi connectivity index (χ2n) is 5.77. The number of carboxylic acid groups (broad SMARTS) is 1. The highest BCUT2D eigenvalue weighted by Gasteiger charge is 2.09. The van der Waals surface area contributed by atoms with Crippen molar-refractivity contribution in [2.45, 2.75) is 51.9 Å². The Morgan fingerprint density at radius 1 is 1.09 bits per heavy atom. The largest absolute Gasteiger partial charge is 0.478 e. The van der Waals surface area contributed by atoms with E-state index >= 15 is 0 Å². The van der Waals surface area contributed by atoms with Gasteiger partial charge in [0.05, 0.1) is 0 Å². The Bertz CT molecular complexity index is 366. The minimum absolute atomic E-state index is 0.0787. The number of carbonyl (C=O) groups is 3. The molecular weight excluding hydrogens is 282 g/mol. The van der Waals surface area contributed by atoms with Crippen LogP contribution in [0, 0.1) is 5.92 Å². The van der Waals surface area contributed by atoms with Gasteiger partial charge in [-0.1, -0.05) is 18.9 Å². The average molecular weight is 311 g/mol. The summed E-state index contributed by atoms with van der Waals surface area (Å²) in [6.07, 6.45) is 9.61. The summed E-state index contributed by atoms with van der Waals surface area (Å²) < 4.78 is 0. The molecule has 0 heterocycles. The monoisotopic (exact) mass is 311 g/mol. The fourth-order valence-electron chi connectivity index (χ4n) is 2.18. The Kier molecular flexibility index (Phi) is 12.3. The maximum atomic E-state index is 11.1. The maximum absolute atomic E-state index is 11.1. The van der Waals surface area contributed by atoms with E-state index in [2.05, 4.69) is 4.90 Å². The van der Waals surface area contributed by atoms with Crippen LogP contribution in [0.2, 0.25) is 0 Å². The van der Waals surface area contributed by atoms with Crippen LogP contribution in [0.4, 0.5) is 0 Å². The molecule has 1 atom stereocenters. The van der Waals surface area contributed by atoms with Gasteiger partial charge in [0.25, 0.3) is 0 Å². The Morgan fingerprint density at radius 3 is 2.41 bits per heavy atom. The van der Waals surface area contributed by atoms with Gasteiger partial charge in [0.1, 0.15) is 12.6 Å². The Hall–Kier alpha value is -1.49. The number of carbonyl (C=O) groups excluding carboxylic acids is 2. The molecule has 0 rings (SSSR count). The second-order valence-corrected chi connectivity index (χ2v) is 5.77. The smallest absolute Gasteiger partial charge is 0.330 e. The van der Waals surface area contributed by atoms with Crippen LogP contribution in [0.5, 0.6) is 0 Å². The molecule has 0 fully saturated rings. The van der Waals surface area contributed by atoms with Crippen LogP contribution in [0.3, 0.4) is 0 Å². The molecule has 126 valence electrons. The lowest BCUT2D eigenvalue weighted by molar-refractivity contribution is -0.132. The molecule has 5 nitrogen and oxygen atoms in total. The molecule has 0 saturated heterocycles. The number of carboxylic acids is 1. The van der Waals surface area contributed by atoms with Crippen molar-refractivity contribution >= 4 is 18.5 Å². The van der Waals surface area contributed by atoms with Crippen LogP contribution >= 0.6 is 0 Å². The Morgan fingerprint density at radius 2 is 1.82 bits per heavy atom. The molecule has 0 aromatic rings. The Balaban J connectivity index is 3.82. The number of hydrogen-bond donors (Lipinski definition) is 1. The molecule has 1 unspecified atom stereocenters. The van der Waals surface area contributed by atoms with E-state index in [0.29, 0.717) is 18.4 Å². The zero-order chi connectivity index (χ0) is 16.8. The van der Waals surface area contributed by atoms with E-state index in [1.54, 1.807) is 13.0 Å². The van der Waals surface area contributed by atoms with Gasteiger partial charge in [0.2, 0.25) is 0 Å². The molecule has 0 saturated carbocycles. The van der Waals surface area contributed by atoms with E-state index in [1.807, 2.05) is 7.05 Å². The molecule has 1 N–H and O–H groups in total. The molecule has 5 heteroatoms. The van der Waals surface area contributed by atoms with E-state index in [0.717, 1.165) is 57.8 Å². The number of nitrogens with zero attached hydrogens (tertiary/aromatic N) is 1. The van der Waals surface area contributed by atoms with Gasteiger partial charge in [-0.3, -0.25) is 0 Å². The lowest BCUT2D eigenvalue weighted by Gasteiger charge is -2.18. The third-order valence-electron chi connectivity index (χ3n) is 3.77. The van der Waals surface area contributed by atoms with E-state index in [-0.39, 0.29) is 5.92 Å². The molecular formula is C17H29NO4. The summed E-state index contributed by atoms with van der Waals surface area (Å²) in [5.41, 5.74) is 0.370. The van der Waals surface area contributed by atoms with Gasteiger partial charge in [-0.2, -0.15) is 0 Å². The summed E-state index contributed by atoms with van der Waals surface area (Å²) in [6, 6.07) is 0. The first-order chi connectivity index (χ1) is 10.5. The van der Waals surface area contributed by atoms with Crippen LogP contribution in [-0.4, -0.2) is 48.7 Å². The van der Waals surface area contributed by atoms with E-state index in [4.69, 9.17) is 5.11 Å². The molecule has 0 aliphatic heterocycles. The number of aldehydes is 2. The molecule has 0 spiro atoms. The first kappa shape index (κ1) is 20.5. The van der Waals surface area contributed by atoms with Crippen molar-refractivity contribution in [2.75, 3.05) is 20.1 Å². The SMILES string of the molecule is CC(=CCCN(C)CCC(C=O)CCCCCC=O)C(=O)O. The summed E-state index contributed by atoms with van der Waals surface area (Å²) in [7, 11) is 1.98. The number of aliphatic carboxylic acids is 1. The minimum Gasteiger partial charge on any atom is -0.478 e. The molecule has 0 amide bonds. The lowest BCUT2D eigenvalue weighted by atomic mass is 9.98. The van der Waals surface area contributed by atoms with Crippen molar-refractivity contribution in [3.8, 4) is 0 Å². The predicted molar refractivity (Wildman–Crippen MR) is 86.8 cm³/mol. The topological polar surface area (TPSA) is 74.7 Å². The standard InChI is InChI=1S/C17H29NO4/c1-15(17(21)22)8-7-11-18(2)12-10-16(14-20)9-5-3-4-6-13-19/h8,13-14,16H,3-7,9-12H2,1-2H3,(H,21,22). The van der Waals surface area contributed by atoms with Gasteiger partial charge in [-0.15, -0.1) is 0 Å². The summed E-state index contributed by atoms with van der Waals surface area (Å²) >= 11 is 0. The van der Waals surface area contributed by atoms with Crippen molar-refractivity contribution in [1.82, 2.24) is 4.90 Å². The zero-order valence-corrected chi connectivity index (χ0v) is 13.8. The number of unbranched alkanes of at least 4 members (excludes halogenated alkanes) is 3. The molecule has 0 aromatic carbocycles. The fraction of sp³-hybridized carbons (Fsp3) is 0.706. The van der Waals surface area contributed by atoms with E-state index in [9.17, 15) is 14.4 Å². The van der Waals surface area contributed by atoms with Crippen molar-refractivity contribution in [3.05, 3.63) is 11.6 Å². The van der Waals surface area contributed by atoms with Crippen molar-refractivity contribution < 1.29 is 19.5 Å². The second kappa shape index (κ2) is 13.2. The normalized spacial score (nSPS) is 13.1.